The third kappa shape index (κ3) is 3.98. The van der Waals surface area contributed by atoms with E-state index in [0.29, 0.717) is 10.0 Å². The number of piperazine rings is 1. The molecule has 1 atom stereocenters. The van der Waals surface area contributed by atoms with E-state index in [1.54, 1.807) is 18.3 Å². The van der Waals surface area contributed by atoms with Crippen LogP contribution < -0.4 is 4.90 Å². The molecule has 7 heteroatoms. The van der Waals surface area contributed by atoms with Crippen LogP contribution in [0.5, 0.6) is 0 Å². The Bertz CT molecular complexity index is 770. The van der Waals surface area contributed by atoms with Gasteiger partial charge < -0.3 is 10.0 Å². The fraction of sp³-hybridized carbons (Fsp3) is 0.333. The fourth-order valence-electron chi connectivity index (χ4n) is 3.05. The number of hydrogen-bond donors (Lipinski definition) is 1. The summed E-state index contributed by atoms with van der Waals surface area (Å²) in [4.78, 5) is 8.63. The van der Waals surface area contributed by atoms with Crippen LogP contribution in [-0.2, 0) is 0 Å². The Morgan fingerprint density at radius 3 is 2.56 bits per heavy atom. The van der Waals surface area contributed by atoms with Crippen molar-refractivity contribution >= 4 is 21.7 Å². The van der Waals surface area contributed by atoms with E-state index in [2.05, 4.69) is 36.8 Å². The van der Waals surface area contributed by atoms with E-state index in [4.69, 9.17) is 5.26 Å². The Morgan fingerprint density at radius 1 is 1.24 bits per heavy atom. The summed E-state index contributed by atoms with van der Waals surface area (Å²) >= 11 is 3.16. The Kier molecular flexibility index (Phi) is 5.63. The Balaban J connectivity index is 1.67. The van der Waals surface area contributed by atoms with Crippen LogP contribution in [0.15, 0.2) is 41.0 Å². The third-order valence-corrected chi connectivity index (χ3v) is 5.10. The number of halogens is 2. The Morgan fingerprint density at radius 2 is 2.00 bits per heavy atom. The molecule has 1 aliphatic rings. The highest BCUT2D eigenvalue weighted by atomic mass is 79.9. The first-order valence-electron chi connectivity index (χ1n) is 8.03. The van der Waals surface area contributed by atoms with Crippen molar-refractivity contribution in [1.29, 1.82) is 5.26 Å². The predicted molar refractivity (Wildman–Crippen MR) is 96.7 cm³/mol. The van der Waals surface area contributed by atoms with Crippen LogP contribution in [-0.4, -0.2) is 47.8 Å². The first-order valence-corrected chi connectivity index (χ1v) is 8.82. The van der Waals surface area contributed by atoms with E-state index >= 15 is 0 Å². The Hall–Kier alpha value is -2.01. The molecule has 0 aliphatic carbocycles. The number of aliphatic hydroxyl groups is 1. The van der Waals surface area contributed by atoms with Crippen molar-refractivity contribution in [2.75, 3.05) is 37.7 Å². The van der Waals surface area contributed by atoms with E-state index in [9.17, 15) is 9.50 Å². The van der Waals surface area contributed by atoms with E-state index in [1.165, 1.54) is 6.07 Å². The topological polar surface area (TPSA) is 63.4 Å². The lowest BCUT2D eigenvalue weighted by Gasteiger charge is -2.39. The third-order valence-electron chi connectivity index (χ3n) is 4.46. The van der Waals surface area contributed by atoms with Gasteiger partial charge in [-0.05, 0) is 45.8 Å². The second-order valence-corrected chi connectivity index (χ2v) is 6.77. The van der Waals surface area contributed by atoms with Gasteiger partial charge >= 0.3 is 0 Å². The van der Waals surface area contributed by atoms with Crippen LogP contribution in [0.25, 0.3) is 0 Å². The van der Waals surface area contributed by atoms with E-state index in [-0.39, 0.29) is 18.5 Å². The van der Waals surface area contributed by atoms with Gasteiger partial charge in [-0.3, -0.25) is 4.90 Å². The number of anilines is 1. The molecule has 1 fully saturated rings. The zero-order valence-corrected chi connectivity index (χ0v) is 15.2. The van der Waals surface area contributed by atoms with Crippen molar-refractivity contribution in [2.45, 2.75) is 6.04 Å². The first kappa shape index (κ1) is 17.8. The molecule has 25 heavy (non-hydrogen) atoms. The van der Waals surface area contributed by atoms with Gasteiger partial charge in [-0.2, -0.15) is 5.26 Å². The van der Waals surface area contributed by atoms with Crippen LogP contribution in [0.4, 0.5) is 10.2 Å². The molecule has 0 saturated carbocycles. The highest BCUT2D eigenvalue weighted by Gasteiger charge is 2.25. The quantitative estimate of drug-likeness (QED) is 0.848. The minimum atomic E-state index is -0.323. The van der Waals surface area contributed by atoms with Gasteiger partial charge in [0.05, 0.1) is 22.7 Å². The zero-order chi connectivity index (χ0) is 17.8. The minimum absolute atomic E-state index is 0.0593. The molecule has 2 aromatic rings. The molecule has 0 radical (unpaired) electrons. The van der Waals surface area contributed by atoms with Crippen LogP contribution in [0.2, 0.25) is 0 Å². The summed E-state index contributed by atoms with van der Waals surface area (Å²) in [5.41, 5.74) is 1.31. The number of hydrogen-bond acceptors (Lipinski definition) is 5. The van der Waals surface area contributed by atoms with Crippen LogP contribution in [0.1, 0.15) is 17.2 Å². The number of benzene rings is 1. The first-order chi connectivity index (χ1) is 12.1. The second-order valence-electron chi connectivity index (χ2n) is 5.91. The summed E-state index contributed by atoms with van der Waals surface area (Å²) < 4.78 is 14.2. The molecule has 5 nitrogen and oxygen atoms in total. The summed E-state index contributed by atoms with van der Waals surface area (Å²) in [6.07, 6.45) is 1.57. The molecule has 1 N–H and O–H groups in total. The number of pyridine rings is 1. The van der Waals surface area contributed by atoms with Crippen molar-refractivity contribution in [3.8, 4) is 6.07 Å². The van der Waals surface area contributed by atoms with Gasteiger partial charge in [0.2, 0.25) is 0 Å². The smallest absolute Gasteiger partial charge is 0.137 e. The maximum absolute atomic E-state index is 13.8. The van der Waals surface area contributed by atoms with Crippen LogP contribution in [0.3, 0.4) is 0 Å². The second kappa shape index (κ2) is 7.91. The van der Waals surface area contributed by atoms with Crippen molar-refractivity contribution in [1.82, 2.24) is 9.88 Å². The lowest BCUT2D eigenvalue weighted by molar-refractivity contribution is 0.117. The zero-order valence-electron chi connectivity index (χ0n) is 13.6. The number of aromatic nitrogens is 1. The van der Waals surface area contributed by atoms with Gasteiger partial charge in [0.25, 0.3) is 0 Å². The molecular formula is C18H18BrFN4O. The van der Waals surface area contributed by atoms with Gasteiger partial charge in [0.15, 0.2) is 0 Å². The van der Waals surface area contributed by atoms with Gasteiger partial charge in [0, 0.05) is 32.4 Å². The van der Waals surface area contributed by atoms with Crippen molar-refractivity contribution in [2.24, 2.45) is 0 Å². The number of nitriles is 1. The number of nitrogens with zero attached hydrogens (tertiary/aromatic N) is 4. The van der Waals surface area contributed by atoms with Crippen molar-refractivity contribution in [3.05, 3.63) is 57.9 Å². The average molecular weight is 405 g/mol. The maximum Gasteiger partial charge on any atom is 0.137 e. The largest absolute Gasteiger partial charge is 0.394 e. The maximum atomic E-state index is 13.8. The fourth-order valence-corrected chi connectivity index (χ4v) is 3.30. The molecule has 0 spiro atoms. The number of aliphatic hydroxyl groups excluding tert-OH is 1. The van der Waals surface area contributed by atoms with Crippen LogP contribution >= 0.6 is 15.9 Å². The highest BCUT2D eigenvalue weighted by Crippen LogP contribution is 2.26. The monoisotopic (exact) mass is 404 g/mol. The van der Waals surface area contributed by atoms with Gasteiger partial charge in [-0.15, -0.1) is 0 Å². The molecular weight excluding hydrogens is 387 g/mol. The lowest BCUT2D eigenvalue weighted by Crippen LogP contribution is -2.48. The van der Waals surface area contributed by atoms with Gasteiger partial charge in [-0.25, -0.2) is 9.37 Å². The summed E-state index contributed by atoms with van der Waals surface area (Å²) in [6.45, 7) is 2.94. The molecule has 2 heterocycles. The molecule has 3 rings (SSSR count). The lowest BCUT2D eigenvalue weighted by atomic mass is 10.0. The normalized spacial score (nSPS) is 16.5. The van der Waals surface area contributed by atoms with E-state index in [0.717, 1.165) is 37.6 Å². The highest BCUT2D eigenvalue weighted by molar-refractivity contribution is 9.10. The SMILES string of the molecule is N#Cc1ccc(N2CCN(C(CO)c3ccc(Br)c(F)c3)CC2)nc1. The minimum Gasteiger partial charge on any atom is -0.394 e. The predicted octanol–water partition coefficient (Wildman–Crippen LogP) is 2.71. The standard InChI is InChI=1S/C18H18BrFN4O/c19-15-3-2-14(9-16(15)20)17(12-25)23-5-7-24(8-6-23)18-4-1-13(10-21)11-22-18/h1-4,9,11,17,25H,5-8,12H2. The van der Waals surface area contributed by atoms with E-state index in [1.807, 2.05) is 12.1 Å². The molecule has 1 unspecified atom stereocenters. The van der Waals surface area contributed by atoms with Crippen LogP contribution in [0, 0.1) is 17.1 Å². The average Bonchev–Trinajstić information content (AvgIpc) is 2.66. The number of rotatable bonds is 4. The molecule has 0 bridgehead atoms. The molecule has 1 aliphatic heterocycles. The van der Waals surface area contributed by atoms with E-state index < -0.39 is 0 Å². The summed E-state index contributed by atoms with van der Waals surface area (Å²) in [5, 5.41) is 18.6. The van der Waals surface area contributed by atoms with Crippen molar-refractivity contribution in [3.63, 3.8) is 0 Å². The molecule has 1 aromatic heterocycles. The summed E-state index contributed by atoms with van der Waals surface area (Å²) in [7, 11) is 0. The van der Waals surface area contributed by atoms with Gasteiger partial charge in [0.1, 0.15) is 17.7 Å². The molecule has 0 amide bonds. The summed E-state index contributed by atoms with van der Waals surface area (Å²) in [6, 6.07) is 10.4. The molecule has 1 aromatic carbocycles. The van der Waals surface area contributed by atoms with Crippen molar-refractivity contribution < 1.29 is 9.50 Å². The Labute approximate surface area is 154 Å². The summed E-state index contributed by atoms with van der Waals surface area (Å²) in [5.74, 6) is 0.519. The molecule has 1 saturated heterocycles. The molecule has 130 valence electrons. The van der Waals surface area contributed by atoms with Gasteiger partial charge in [-0.1, -0.05) is 6.07 Å².